The summed E-state index contributed by atoms with van der Waals surface area (Å²) in [6, 6.07) is -1.24. The number of hydrogen-bond acceptors (Lipinski definition) is 6. The first-order valence-corrected chi connectivity index (χ1v) is 9.42. The molecule has 0 rings (SSSR count). The van der Waals surface area contributed by atoms with E-state index in [0.717, 1.165) is 0 Å². The van der Waals surface area contributed by atoms with Gasteiger partial charge in [0.2, 0.25) is 10.0 Å². The zero-order valence-corrected chi connectivity index (χ0v) is 14.5. The molecule has 0 spiro atoms. The molecule has 0 aromatic rings. The minimum atomic E-state index is -3.63. The average molecular weight is 421 g/mol. The van der Waals surface area contributed by atoms with Crippen molar-refractivity contribution in [1.82, 2.24) is 4.72 Å². The Morgan fingerprint density at radius 2 is 1.80 bits per heavy atom. The second-order valence-corrected chi connectivity index (χ2v) is 6.75. The molecule has 0 aliphatic heterocycles. The van der Waals surface area contributed by atoms with Crippen molar-refractivity contribution >= 4 is 44.6 Å². The van der Waals surface area contributed by atoms with Gasteiger partial charge in [-0.05, 0) is 20.3 Å². The van der Waals surface area contributed by atoms with Crippen molar-refractivity contribution in [3.05, 3.63) is 0 Å². The Labute approximate surface area is 133 Å². The molecular formula is C11H20INO6S. The molecule has 1 N–H and O–H groups in total. The molecule has 9 heteroatoms. The molecule has 0 bridgehead atoms. The zero-order valence-electron chi connectivity index (χ0n) is 11.6. The van der Waals surface area contributed by atoms with Crippen LogP contribution >= 0.6 is 22.6 Å². The van der Waals surface area contributed by atoms with Crippen molar-refractivity contribution in [3.8, 4) is 0 Å². The van der Waals surface area contributed by atoms with Gasteiger partial charge in [0.25, 0.3) is 0 Å². The number of carbonyl (C=O) groups excluding carboxylic acids is 2. The quantitative estimate of drug-likeness (QED) is 0.316. The molecule has 118 valence electrons. The van der Waals surface area contributed by atoms with Gasteiger partial charge < -0.3 is 9.47 Å². The molecule has 0 aromatic carbocycles. The predicted molar refractivity (Wildman–Crippen MR) is 82.1 cm³/mol. The third kappa shape index (κ3) is 8.69. The van der Waals surface area contributed by atoms with E-state index >= 15 is 0 Å². The highest BCUT2D eigenvalue weighted by Crippen LogP contribution is 2.03. The summed E-state index contributed by atoms with van der Waals surface area (Å²) >= 11 is 2.06. The number of ether oxygens (including phenoxy) is 2. The van der Waals surface area contributed by atoms with Gasteiger partial charge in [0.05, 0.1) is 25.4 Å². The monoisotopic (exact) mass is 421 g/mol. The van der Waals surface area contributed by atoms with Crippen molar-refractivity contribution in [1.29, 1.82) is 0 Å². The minimum absolute atomic E-state index is 0.103. The fraction of sp³-hybridized carbons (Fsp3) is 0.818. The highest BCUT2D eigenvalue weighted by atomic mass is 127. The van der Waals surface area contributed by atoms with Gasteiger partial charge in [0.1, 0.15) is 6.04 Å². The van der Waals surface area contributed by atoms with E-state index in [2.05, 4.69) is 27.3 Å². The fourth-order valence-corrected chi connectivity index (χ4v) is 3.48. The molecule has 0 saturated heterocycles. The second kappa shape index (κ2) is 10.3. The molecule has 0 fully saturated rings. The van der Waals surface area contributed by atoms with Gasteiger partial charge in [-0.2, -0.15) is 0 Å². The van der Waals surface area contributed by atoms with Crippen LogP contribution in [0.25, 0.3) is 0 Å². The molecule has 1 atom stereocenters. The molecule has 0 aliphatic carbocycles. The van der Waals surface area contributed by atoms with Crippen LogP contribution in [0.2, 0.25) is 0 Å². The molecule has 0 saturated carbocycles. The SMILES string of the molecule is CCOC(=O)CC(NS(=O)(=O)CCCI)C(=O)OCC. The van der Waals surface area contributed by atoms with Crippen LogP contribution in [-0.4, -0.2) is 49.8 Å². The van der Waals surface area contributed by atoms with Crippen molar-refractivity contribution in [2.45, 2.75) is 32.7 Å². The first kappa shape index (κ1) is 19.6. The van der Waals surface area contributed by atoms with E-state index in [0.29, 0.717) is 10.8 Å². The summed E-state index contributed by atoms with van der Waals surface area (Å²) in [6.07, 6.45) is 0.0843. The molecule has 0 aromatic heterocycles. The van der Waals surface area contributed by atoms with E-state index in [4.69, 9.17) is 9.47 Å². The minimum Gasteiger partial charge on any atom is -0.466 e. The van der Waals surface area contributed by atoms with Crippen LogP contribution in [0.4, 0.5) is 0 Å². The van der Waals surface area contributed by atoms with Crippen LogP contribution in [0.3, 0.4) is 0 Å². The molecule has 20 heavy (non-hydrogen) atoms. The summed E-state index contributed by atoms with van der Waals surface area (Å²) in [4.78, 5) is 23.1. The Balaban J connectivity index is 4.76. The highest BCUT2D eigenvalue weighted by Gasteiger charge is 2.28. The second-order valence-electron chi connectivity index (χ2n) is 3.79. The van der Waals surface area contributed by atoms with E-state index in [1.165, 1.54) is 0 Å². The topological polar surface area (TPSA) is 98.8 Å². The smallest absolute Gasteiger partial charge is 0.324 e. The van der Waals surface area contributed by atoms with E-state index < -0.39 is 28.0 Å². The van der Waals surface area contributed by atoms with E-state index in [9.17, 15) is 18.0 Å². The Bertz CT molecular complexity index is 411. The Hall–Kier alpha value is -0.420. The predicted octanol–water partition coefficient (Wildman–Crippen LogP) is 0.616. The van der Waals surface area contributed by atoms with Crippen LogP contribution in [0, 0.1) is 0 Å². The van der Waals surface area contributed by atoms with Gasteiger partial charge in [-0.1, -0.05) is 22.6 Å². The standard InChI is InChI=1S/C11H20INO6S/c1-3-18-10(14)8-9(11(15)19-4-2)13-20(16,17)7-5-6-12/h9,13H,3-8H2,1-2H3. The van der Waals surface area contributed by atoms with Gasteiger partial charge in [-0.25, -0.2) is 13.1 Å². The van der Waals surface area contributed by atoms with Crippen molar-refractivity contribution in [2.75, 3.05) is 23.4 Å². The Morgan fingerprint density at radius 1 is 1.20 bits per heavy atom. The maximum Gasteiger partial charge on any atom is 0.324 e. The molecular weight excluding hydrogens is 401 g/mol. The normalized spacial score (nSPS) is 12.8. The van der Waals surface area contributed by atoms with Gasteiger partial charge >= 0.3 is 11.9 Å². The largest absolute Gasteiger partial charge is 0.466 e. The third-order valence-corrected chi connectivity index (χ3v) is 4.35. The van der Waals surface area contributed by atoms with Crippen LogP contribution in [-0.2, 0) is 29.1 Å². The first-order chi connectivity index (χ1) is 9.36. The molecule has 1 unspecified atom stereocenters. The summed E-state index contributed by atoms with van der Waals surface area (Å²) in [5.41, 5.74) is 0. The van der Waals surface area contributed by atoms with Gasteiger partial charge in [0, 0.05) is 4.43 Å². The summed E-state index contributed by atoms with van der Waals surface area (Å²) in [6.45, 7) is 3.50. The number of alkyl halides is 1. The average Bonchev–Trinajstić information content (AvgIpc) is 2.36. The lowest BCUT2D eigenvalue weighted by Crippen LogP contribution is -2.44. The molecule has 0 radical (unpaired) electrons. The van der Waals surface area contributed by atoms with Crippen LogP contribution in [0.15, 0.2) is 0 Å². The number of esters is 2. The molecule has 0 amide bonds. The van der Waals surface area contributed by atoms with Gasteiger partial charge in [-0.3, -0.25) is 9.59 Å². The number of rotatable bonds is 10. The molecule has 0 aliphatic rings. The number of nitrogens with one attached hydrogen (secondary N) is 1. The van der Waals surface area contributed by atoms with E-state index in [1.54, 1.807) is 13.8 Å². The number of hydrogen-bond donors (Lipinski definition) is 1. The molecule has 0 heterocycles. The van der Waals surface area contributed by atoms with E-state index in [-0.39, 0.29) is 25.4 Å². The molecule has 7 nitrogen and oxygen atoms in total. The number of halogens is 1. The van der Waals surface area contributed by atoms with E-state index in [1.807, 2.05) is 0 Å². The lowest BCUT2D eigenvalue weighted by Gasteiger charge is -2.16. The van der Waals surface area contributed by atoms with Crippen molar-refractivity contribution in [3.63, 3.8) is 0 Å². The zero-order chi connectivity index (χ0) is 15.6. The van der Waals surface area contributed by atoms with Crippen LogP contribution in [0.5, 0.6) is 0 Å². The van der Waals surface area contributed by atoms with Crippen molar-refractivity contribution in [2.24, 2.45) is 0 Å². The van der Waals surface area contributed by atoms with Gasteiger partial charge in [-0.15, -0.1) is 0 Å². The number of carbonyl (C=O) groups is 2. The van der Waals surface area contributed by atoms with Gasteiger partial charge in [0.15, 0.2) is 0 Å². The summed E-state index contributed by atoms with van der Waals surface area (Å²) < 4.78 is 35.9. The highest BCUT2D eigenvalue weighted by molar-refractivity contribution is 14.1. The third-order valence-electron chi connectivity index (χ3n) is 2.12. The summed E-state index contributed by atoms with van der Waals surface area (Å²) in [7, 11) is -3.63. The van der Waals surface area contributed by atoms with Crippen LogP contribution in [0.1, 0.15) is 26.7 Å². The number of sulfonamides is 1. The van der Waals surface area contributed by atoms with Crippen molar-refractivity contribution < 1.29 is 27.5 Å². The maximum atomic E-state index is 11.8. The maximum absolute atomic E-state index is 11.8. The first-order valence-electron chi connectivity index (χ1n) is 6.24. The lowest BCUT2D eigenvalue weighted by atomic mass is 10.2. The summed E-state index contributed by atoms with van der Waals surface area (Å²) in [5.74, 6) is -1.53. The lowest BCUT2D eigenvalue weighted by molar-refractivity contribution is -0.151. The summed E-state index contributed by atoms with van der Waals surface area (Å²) in [5, 5.41) is 0. The Kier molecular flexibility index (Phi) is 10.1. The Morgan fingerprint density at radius 3 is 2.30 bits per heavy atom. The van der Waals surface area contributed by atoms with Crippen LogP contribution < -0.4 is 4.72 Å². The fourth-order valence-electron chi connectivity index (χ4n) is 1.32.